The first-order valence-electron chi connectivity index (χ1n) is 5.58. The second kappa shape index (κ2) is 3.75. The van der Waals surface area contributed by atoms with Gasteiger partial charge in [0.05, 0.1) is 13.2 Å². The lowest BCUT2D eigenvalue weighted by atomic mass is 9.70. The third kappa shape index (κ3) is 1.70. The van der Waals surface area contributed by atoms with Crippen molar-refractivity contribution in [1.82, 2.24) is 0 Å². The summed E-state index contributed by atoms with van der Waals surface area (Å²) in [7, 11) is 1.65. The van der Waals surface area contributed by atoms with E-state index in [1.54, 1.807) is 7.11 Å². The third-order valence-corrected chi connectivity index (χ3v) is 3.46. The van der Waals surface area contributed by atoms with E-state index in [4.69, 9.17) is 10.5 Å². The zero-order chi connectivity index (χ0) is 11.9. The smallest absolute Gasteiger partial charge is 0.119 e. The van der Waals surface area contributed by atoms with Crippen molar-refractivity contribution in [2.45, 2.75) is 37.8 Å². The molecule has 1 aromatic rings. The Kier molecular flexibility index (Phi) is 2.68. The molecule has 2 atom stereocenters. The molecular formula is C13H19NO2. The van der Waals surface area contributed by atoms with Crippen LogP contribution in [-0.2, 0) is 5.41 Å². The fourth-order valence-corrected chi connectivity index (χ4v) is 2.55. The van der Waals surface area contributed by atoms with E-state index in [1.165, 1.54) is 0 Å². The van der Waals surface area contributed by atoms with Crippen molar-refractivity contribution >= 4 is 0 Å². The summed E-state index contributed by atoms with van der Waals surface area (Å²) in [5, 5.41) is 10.1. The SMILES string of the molecule is COc1ccc2c(c1)C(C)(C)CC(N)C2O. The summed E-state index contributed by atoms with van der Waals surface area (Å²) in [6, 6.07) is 5.61. The average Bonchev–Trinajstić information content (AvgIpc) is 2.25. The number of fused-ring (bicyclic) bond motifs is 1. The Bertz CT molecular complexity index is 401. The predicted octanol–water partition coefficient (Wildman–Crippen LogP) is 1.74. The van der Waals surface area contributed by atoms with Crippen LogP contribution in [0.15, 0.2) is 18.2 Å². The van der Waals surface area contributed by atoms with Gasteiger partial charge in [0.2, 0.25) is 0 Å². The number of ether oxygens (including phenoxy) is 1. The summed E-state index contributed by atoms with van der Waals surface area (Å²) >= 11 is 0. The highest BCUT2D eigenvalue weighted by molar-refractivity contribution is 5.43. The quantitative estimate of drug-likeness (QED) is 0.759. The lowest BCUT2D eigenvalue weighted by Gasteiger charge is -2.39. The number of benzene rings is 1. The minimum Gasteiger partial charge on any atom is -0.497 e. The Labute approximate surface area is 96.2 Å². The molecule has 0 radical (unpaired) electrons. The number of aliphatic hydroxyl groups excluding tert-OH is 1. The van der Waals surface area contributed by atoms with Gasteiger partial charge in [-0.05, 0) is 35.1 Å². The van der Waals surface area contributed by atoms with Gasteiger partial charge in [-0.1, -0.05) is 19.9 Å². The Morgan fingerprint density at radius 1 is 1.44 bits per heavy atom. The van der Waals surface area contributed by atoms with Gasteiger partial charge in [0.15, 0.2) is 0 Å². The second-order valence-corrected chi connectivity index (χ2v) is 5.15. The van der Waals surface area contributed by atoms with Crippen LogP contribution >= 0.6 is 0 Å². The molecule has 2 unspecified atom stereocenters. The molecule has 0 spiro atoms. The van der Waals surface area contributed by atoms with Crippen LogP contribution in [0.1, 0.15) is 37.5 Å². The highest BCUT2D eigenvalue weighted by Gasteiger charge is 2.36. The molecule has 0 bridgehead atoms. The molecule has 0 saturated carbocycles. The zero-order valence-corrected chi connectivity index (χ0v) is 10.0. The molecule has 0 aromatic heterocycles. The first kappa shape index (κ1) is 11.4. The third-order valence-electron chi connectivity index (χ3n) is 3.46. The molecule has 0 aliphatic heterocycles. The summed E-state index contributed by atoms with van der Waals surface area (Å²) in [5.74, 6) is 0.828. The number of nitrogens with two attached hydrogens (primary N) is 1. The van der Waals surface area contributed by atoms with Gasteiger partial charge in [0.1, 0.15) is 5.75 Å². The lowest BCUT2D eigenvalue weighted by molar-refractivity contribution is 0.115. The summed E-state index contributed by atoms with van der Waals surface area (Å²) in [6.45, 7) is 4.30. The molecule has 0 saturated heterocycles. The van der Waals surface area contributed by atoms with Crippen LogP contribution in [0.5, 0.6) is 5.75 Å². The Hall–Kier alpha value is -1.06. The van der Waals surface area contributed by atoms with Crippen molar-refractivity contribution in [3.8, 4) is 5.75 Å². The van der Waals surface area contributed by atoms with Crippen LogP contribution in [0.4, 0.5) is 0 Å². The van der Waals surface area contributed by atoms with Crippen LogP contribution in [-0.4, -0.2) is 18.3 Å². The summed E-state index contributed by atoms with van der Waals surface area (Å²) in [4.78, 5) is 0. The number of aliphatic hydroxyl groups is 1. The lowest BCUT2D eigenvalue weighted by Crippen LogP contribution is -2.41. The van der Waals surface area contributed by atoms with E-state index in [2.05, 4.69) is 13.8 Å². The van der Waals surface area contributed by atoms with Crippen molar-refractivity contribution in [3.05, 3.63) is 29.3 Å². The zero-order valence-electron chi connectivity index (χ0n) is 10.0. The molecule has 3 heteroatoms. The van der Waals surface area contributed by atoms with Gasteiger partial charge in [-0.2, -0.15) is 0 Å². The second-order valence-electron chi connectivity index (χ2n) is 5.15. The average molecular weight is 221 g/mol. The van der Waals surface area contributed by atoms with Crippen LogP contribution in [0.25, 0.3) is 0 Å². The van der Waals surface area contributed by atoms with Crippen molar-refractivity contribution in [2.75, 3.05) is 7.11 Å². The first-order chi connectivity index (χ1) is 7.45. The Balaban J connectivity index is 2.55. The molecule has 0 heterocycles. The van der Waals surface area contributed by atoms with E-state index in [1.807, 2.05) is 18.2 Å². The molecule has 0 fully saturated rings. The monoisotopic (exact) mass is 221 g/mol. The molecule has 1 aromatic carbocycles. The minimum absolute atomic E-state index is 0.0114. The molecule has 3 nitrogen and oxygen atoms in total. The molecule has 2 rings (SSSR count). The maximum Gasteiger partial charge on any atom is 0.119 e. The van der Waals surface area contributed by atoms with Crippen molar-refractivity contribution in [2.24, 2.45) is 5.73 Å². The fourth-order valence-electron chi connectivity index (χ4n) is 2.55. The Morgan fingerprint density at radius 3 is 2.75 bits per heavy atom. The number of methoxy groups -OCH3 is 1. The van der Waals surface area contributed by atoms with Crippen molar-refractivity contribution in [1.29, 1.82) is 0 Å². The van der Waals surface area contributed by atoms with Gasteiger partial charge in [0, 0.05) is 6.04 Å². The normalized spacial score (nSPS) is 27.3. The van der Waals surface area contributed by atoms with Crippen LogP contribution in [0.3, 0.4) is 0 Å². The van der Waals surface area contributed by atoms with E-state index in [-0.39, 0.29) is 11.5 Å². The summed E-state index contributed by atoms with van der Waals surface area (Å²) < 4.78 is 5.22. The van der Waals surface area contributed by atoms with Crippen LogP contribution < -0.4 is 10.5 Å². The van der Waals surface area contributed by atoms with E-state index < -0.39 is 6.10 Å². The number of hydrogen-bond donors (Lipinski definition) is 2. The topological polar surface area (TPSA) is 55.5 Å². The standard InChI is InChI=1S/C13H19NO2/c1-13(2)7-11(14)12(15)9-5-4-8(16-3)6-10(9)13/h4-6,11-12,15H,7,14H2,1-3H3. The molecule has 1 aliphatic carbocycles. The van der Waals surface area contributed by atoms with E-state index >= 15 is 0 Å². The summed E-state index contributed by atoms with van der Waals surface area (Å²) in [6.07, 6.45) is 0.225. The van der Waals surface area contributed by atoms with Gasteiger partial charge in [-0.25, -0.2) is 0 Å². The largest absolute Gasteiger partial charge is 0.497 e. The number of rotatable bonds is 1. The highest BCUT2D eigenvalue weighted by atomic mass is 16.5. The number of hydrogen-bond acceptors (Lipinski definition) is 3. The maximum atomic E-state index is 10.1. The van der Waals surface area contributed by atoms with E-state index in [0.29, 0.717) is 0 Å². The van der Waals surface area contributed by atoms with Gasteiger partial charge in [-0.3, -0.25) is 0 Å². The van der Waals surface area contributed by atoms with Gasteiger partial charge >= 0.3 is 0 Å². The fraction of sp³-hybridized carbons (Fsp3) is 0.538. The van der Waals surface area contributed by atoms with Crippen molar-refractivity contribution < 1.29 is 9.84 Å². The van der Waals surface area contributed by atoms with Crippen LogP contribution in [0, 0.1) is 0 Å². The molecule has 0 amide bonds. The van der Waals surface area contributed by atoms with Crippen LogP contribution in [0.2, 0.25) is 0 Å². The minimum atomic E-state index is -0.561. The van der Waals surface area contributed by atoms with Crippen molar-refractivity contribution in [3.63, 3.8) is 0 Å². The highest BCUT2D eigenvalue weighted by Crippen LogP contribution is 2.42. The van der Waals surface area contributed by atoms with E-state index in [9.17, 15) is 5.11 Å². The molecule has 3 N–H and O–H groups in total. The molecule has 88 valence electrons. The first-order valence-corrected chi connectivity index (χ1v) is 5.58. The Morgan fingerprint density at radius 2 is 2.12 bits per heavy atom. The maximum absolute atomic E-state index is 10.1. The molecule has 16 heavy (non-hydrogen) atoms. The predicted molar refractivity (Wildman–Crippen MR) is 63.6 cm³/mol. The van der Waals surface area contributed by atoms with Gasteiger partial charge < -0.3 is 15.6 Å². The van der Waals surface area contributed by atoms with Gasteiger partial charge in [0.25, 0.3) is 0 Å². The summed E-state index contributed by atoms with van der Waals surface area (Å²) in [5.41, 5.74) is 8.02. The van der Waals surface area contributed by atoms with Gasteiger partial charge in [-0.15, -0.1) is 0 Å². The molecule has 1 aliphatic rings. The molecular weight excluding hydrogens is 202 g/mol. The van der Waals surface area contributed by atoms with E-state index in [0.717, 1.165) is 23.3 Å².